The minimum absolute atomic E-state index is 0.00256. The molecule has 2 aromatic heterocycles. The molecule has 3 N–H and O–H groups in total. The summed E-state index contributed by atoms with van der Waals surface area (Å²) in [6.07, 6.45) is 0. The number of carbonyl (C=O) groups is 1. The Morgan fingerprint density at radius 3 is 2.39 bits per heavy atom. The zero-order valence-electron chi connectivity index (χ0n) is 19.8. The fraction of sp³-hybridized carbons (Fsp3) is 0.0833. The molecular weight excluding hydrogens is 558 g/mol. The molecule has 0 unspecified atom stereocenters. The van der Waals surface area contributed by atoms with E-state index in [0.29, 0.717) is 5.02 Å². The Balaban J connectivity index is 1.66. The topological polar surface area (TPSA) is 139 Å². The first kappa shape index (κ1) is 27.0. The monoisotopic (exact) mass is 576 g/mol. The second-order valence-electron chi connectivity index (χ2n) is 7.81. The number of rotatable bonds is 6. The van der Waals surface area contributed by atoms with Crippen molar-refractivity contribution in [2.75, 3.05) is 10.0 Å². The number of guanidine groups is 1. The van der Waals surface area contributed by atoms with E-state index in [1.54, 1.807) is 0 Å². The average Bonchev–Trinajstić information content (AvgIpc) is 3.20. The predicted molar refractivity (Wildman–Crippen MR) is 142 cm³/mol. The Kier molecular flexibility index (Phi) is 7.95. The maximum Gasteiger partial charge on any atom is 0.268 e. The van der Waals surface area contributed by atoms with Crippen molar-refractivity contribution in [1.29, 1.82) is 0 Å². The van der Waals surface area contributed by atoms with Crippen LogP contribution in [0.2, 0.25) is 10.0 Å². The van der Waals surface area contributed by atoms with Gasteiger partial charge in [0.15, 0.2) is 16.5 Å². The molecule has 4 aromatic rings. The van der Waals surface area contributed by atoms with Crippen molar-refractivity contribution in [3.8, 4) is 0 Å². The van der Waals surface area contributed by atoms with Gasteiger partial charge in [0.1, 0.15) is 17.3 Å². The fourth-order valence-electron chi connectivity index (χ4n) is 3.29. The molecule has 1 amide bonds. The van der Waals surface area contributed by atoms with E-state index in [9.17, 15) is 17.6 Å². The first-order valence-corrected chi connectivity index (χ1v) is 13.1. The number of pyridine rings is 1. The normalized spacial score (nSPS) is 11.8. The maximum atomic E-state index is 14.5. The van der Waals surface area contributed by atoms with Crippen LogP contribution >= 0.6 is 23.2 Å². The van der Waals surface area contributed by atoms with Crippen LogP contribution in [0.15, 0.2) is 75.1 Å². The molecule has 10 nitrogen and oxygen atoms in total. The summed E-state index contributed by atoms with van der Waals surface area (Å²) in [5, 5.41) is 9.53. The summed E-state index contributed by atoms with van der Waals surface area (Å²) in [6, 6.07) is 14.3. The van der Waals surface area contributed by atoms with Gasteiger partial charge in [-0.05, 0) is 68.4 Å². The Morgan fingerprint density at radius 1 is 1.03 bits per heavy atom. The first-order valence-electron chi connectivity index (χ1n) is 10.8. The highest BCUT2D eigenvalue weighted by Gasteiger charge is 2.24. The summed E-state index contributed by atoms with van der Waals surface area (Å²) in [7, 11) is -4.07. The van der Waals surface area contributed by atoms with Crippen molar-refractivity contribution in [2.45, 2.75) is 18.7 Å². The molecule has 0 saturated heterocycles. The van der Waals surface area contributed by atoms with E-state index in [-0.39, 0.29) is 50.2 Å². The van der Waals surface area contributed by atoms with Crippen LogP contribution in [-0.4, -0.2) is 30.4 Å². The van der Waals surface area contributed by atoms with Gasteiger partial charge in [-0.1, -0.05) is 34.4 Å². The average molecular weight is 577 g/mol. The Morgan fingerprint density at radius 2 is 1.74 bits per heavy atom. The number of anilines is 2. The van der Waals surface area contributed by atoms with Gasteiger partial charge in [-0.3, -0.25) is 14.8 Å². The van der Waals surface area contributed by atoms with Gasteiger partial charge >= 0.3 is 0 Å². The quantitative estimate of drug-likeness (QED) is 0.204. The van der Waals surface area contributed by atoms with Gasteiger partial charge in [-0.15, -0.1) is 0 Å². The number of nitrogens with one attached hydrogen (secondary N) is 3. The molecule has 0 fully saturated rings. The minimum atomic E-state index is -4.07. The van der Waals surface area contributed by atoms with E-state index in [4.69, 9.17) is 27.7 Å². The van der Waals surface area contributed by atoms with Crippen molar-refractivity contribution in [2.24, 2.45) is 4.99 Å². The lowest BCUT2D eigenvalue weighted by atomic mass is 10.2. The molecule has 38 heavy (non-hydrogen) atoms. The third kappa shape index (κ3) is 6.46. The third-order valence-electron chi connectivity index (χ3n) is 4.96. The Hall–Kier alpha value is -4.00. The van der Waals surface area contributed by atoms with Gasteiger partial charge < -0.3 is 9.84 Å². The lowest BCUT2D eigenvalue weighted by molar-refractivity contribution is 0.0977. The summed E-state index contributed by atoms with van der Waals surface area (Å²) >= 11 is 11.7. The molecule has 0 atom stereocenters. The molecule has 0 saturated carbocycles. The highest BCUT2D eigenvalue weighted by atomic mass is 35.5. The van der Waals surface area contributed by atoms with Crippen LogP contribution in [0.5, 0.6) is 0 Å². The predicted octanol–water partition coefficient (Wildman–Crippen LogP) is 5.46. The Labute approximate surface area is 226 Å². The van der Waals surface area contributed by atoms with Crippen LogP contribution < -0.4 is 15.4 Å². The summed E-state index contributed by atoms with van der Waals surface area (Å²) < 4.78 is 47.5. The highest BCUT2D eigenvalue weighted by molar-refractivity contribution is 7.92. The first-order chi connectivity index (χ1) is 18.0. The molecule has 0 aliphatic carbocycles. The van der Waals surface area contributed by atoms with Crippen LogP contribution in [-0.2, 0) is 10.0 Å². The number of benzene rings is 2. The van der Waals surface area contributed by atoms with Gasteiger partial charge in [0.2, 0.25) is 5.96 Å². The molecule has 0 radical (unpaired) electrons. The fourth-order valence-corrected chi connectivity index (χ4v) is 4.91. The number of aromatic nitrogens is 2. The number of hydrogen-bond acceptors (Lipinski definition) is 7. The lowest BCUT2D eigenvalue weighted by Crippen LogP contribution is -2.36. The van der Waals surface area contributed by atoms with Crippen LogP contribution in [0.3, 0.4) is 0 Å². The van der Waals surface area contributed by atoms with Crippen molar-refractivity contribution in [3.05, 3.63) is 93.5 Å². The molecule has 2 heterocycles. The van der Waals surface area contributed by atoms with E-state index in [1.165, 1.54) is 68.4 Å². The van der Waals surface area contributed by atoms with Crippen molar-refractivity contribution >= 4 is 62.4 Å². The largest absolute Gasteiger partial charge is 0.360 e. The van der Waals surface area contributed by atoms with Gasteiger partial charge in [0.25, 0.3) is 15.9 Å². The Bertz CT molecular complexity index is 1620. The molecule has 4 rings (SSSR count). The number of aliphatic imine (C=N–C) groups is 1. The second kappa shape index (κ2) is 11.2. The lowest BCUT2D eigenvalue weighted by Gasteiger charge is -2.13. The number of carbonyl (C=O) groups excluding carboxylic acids is 1. The van der Waals surface area contributed by atoms with Gasteiger partial charge in [-0.2, -0.15) is 4.99 Å². The molecule has 0 spiro atoms. The SMILES string of the molecule is Cc1noc(C)c1S(=O)(=O)Nc1cccc(/N=C(\NC(=O)c2ccc(Cl)cc2)Nc2ccc(Cl)cc2F)n1. The van der Waals surface area contributed by atoms with Crippen LogP contribution in [0.25, 0.3) is 0 Å². The third-order valence-corrected chi connectivity index (χ3v) is 7.04. The number of aryl methyl sites for hydroxylation is 2. The second-order valence-corrected chi connectivity index (χ2v) is 10.3. The number of sulfonamides is 1. The van der Waals surface area contributed by atoms with E-state index < -0.39 is 21.7 Å². The standard InChI is InChI=1S/C24H19Cl2FN6O4S/c1-13-22(14(2)37-32-13)38(35,36)33-21-5-3-4-20(29-21)30-24(28-19-11-10-17(26)12-18(19)27)31-23(34)15-6-8-16(25)9-7-15/h3-12H,1-2H3,(H3,28,29,30,31,33,34). The highest BCUT2D eigenvalue weighted by Crippen LogP contribution is 2.23. The van der Waals surface area contributed by atoms with Crippen LogP contribution in [0, 0.1) is 19.7 Å². The minimum Gasteiger partial charge on any atom is -0.360 e. The summed E-state index contributed by atoms with van der Waals surface area (Å²) in [5.41, 5.74) is 0.416. The van der Waals surface area contributed by atoms with Gasteiger partial charge in [-0.25, -0.2) is 17.8 Å². The van der Waals surface area contributed by atoms with Crippen LogP contribution in [0.1, 0.15) is 21.8 Å². The van der Waals surface area contributed by atoms with E-state index >= 15 is 0 Å². The van der Waals surface area contributed by atoms with Crippen molar-refractivity contribution in [3.63, 3.8) is 0 Å². The zero-order chi connectivity index (χ0) is 27.4. The summed E-state index contributed by atoms with van der Waals surface area (Å²) in [5.74, 6) is -1.41. The molecule has 14 heteroatoms. The molecular formula is C24H19Cl2FN6O4S. The molecule has 0 bridgehead atoms. The van der Waals surface area contributed by atoms with Gasteiger partial charge in [0, 0.05) is 15.6 Å². The zero-order valence-corrected chi connectivity index (χ0v) is 22.1. The van der Waals surface area contributed by atoms with Gasteiger partial charge in [0.05, 0.1) is 5.69 Å². The number of nitrogens with zero attached hydrogens (tertiary/aromatic N) is 3. The number of halogens is 3. The van der Waals surface area contributed by atoms with Crippen LogP contribution in [0.4, 0.5) is 21.7 Å². The molecule has 0 aliphatic heterocycles. The number of hydrogen-bond donors (Lipinski definition) is 3. The van der Waals surface area contributed by atoms with Crippen molar-refractivity contribution < 1.29 is 22.1 Å². The van der Waals surface area contributed by atoms with E-state index in [2.05, 4.69) is 30.5 Å². The number of amides is 1. The summed E-state index contributed by atoms with van der Waals surface area (Å²) in [4.78, 5) is 21.2. The van der Waals surface area contributed by atoms with E-state index in [0.717, 1.165) is 6.07 Å². The maximum absolute atomic E-state index is 14.5. The van der Waals surface area contributed by atoms with Crippen molar-refractivity contribution in [1.82, 2.24) is 15.5 Å². The molecule has 0 aliphatic rings. The molecule has 2 aromatic carbocycles. The summed E-state index contributed by atoms with van der Waals surface area (Å²) in [6.45, 7) is 2.97. The van der Waals surface area contributed by atoms with E-state index in [1.807, 2.05) is 0 Å². The smallest absolute Gasteiger partial charge is 0.268 e. The molecule has 196 valence electrons.